The van der Waals surface area contributed by atoms with Crippen molar-refractivity contribution in [2.75, 3.05) is 5.32 Å². The number of rotatable bonds is 6. The van der Waals surface area contributed by atoms with Crippen LogP contribution in [0.1, 0.15) is 18.9 Å². The first-order valence-electron chi connectivity index (χ1n) is 7.73. The number of carbonyl (C=O) groups is 1. The monoisotopic (exact) mass is 407 g/mol. The van der Waals surface area contributed by atoms with Crippen molar-refractivity contribution >= 4 is 62.2 Å². The molecular formula is C17H14ClN3O3S2. The van der Waals surface area contributed by atoms with E-state index in [0.29, 0.717) is 22.8 Å². The summed E-state index contributed by atoms with van der Waals surface area (Å²) in [6, 6.07) is 10.2. The number of carbonyl (C=O) groups excluding carboxylic acids is 1. The number of thioether (sulfide) groups is 1. The number of thiazole rings is 1. The van der Waals surface area contributed by atoms with Crippen LogP contribution >= 0.6 is 34.7 Å². The third-order valence-electron chi connectivity index (χ3n) is 3.60. The highest BCUT2D eigenvalue weighted by Crippen LogP contribution is 2.36. The molecule has 0 radical (unpaired) electrons. The summed E-state index contributed by atoms with van der Waals surface area (Å²) in [6.45, 7) is 1.79. The van der Waals surface area contributed by atoms with Gasteiger partial charge in [-0.05, 0) is 24.3 Å². The molecule has 3 aromatic rings. The summed E-state index contributed by atoms with van der Waals surface area (Å²) in [6.07, 6.45) is 0.415. The van der Waals surface area contributed by atoms with Gasteiger partial charge in [0.25, 0.3) is 5.69 Å². The summed E-state index contributed by atoms with van der Waals surface area (Å²) >= 11 is 9.00. The number of halogens is 1. The Balaban J connectivity index is 1.80. The minimum Gasteiger partial charge on any atom is -0.326 e. The molecule has 0 fully saturated rings. The maximum Gasteiger partial charge on any atom is 0.274 e. The van der Waals surface area contributed by atoms with Gasteiger partial charge in [-0.2, -0.15) is 0 Å². The summed E-state index contributed by atoms with van der Waals surface area (Å²) in [5, 5.41) is 14.4. The molecule has 134 valence electrons. The van der Waals surface area contributed by atoms with E-state index >= 15 is 0 Å². The maximum atomic E-state index is 11.5. The van der Waals surface area contributed by atoms with Crippen molar-refractivity contribution in [3.63, 3.8) is 0 Å². The molecule has 26 heavy (non-hydrogen) atoms. The zero-order valence-corrected chi connectivity index (χ0v) is 16.1. The first-order chi connectivity index (χ1) is 12.5. The maximum absolute atomic E-state index is 11.5. The largest absolute Gasteiger partial charge is 0.326 e. The molecule has 3 rings (SSSR count). The summed E-state index contributed by atoms with van der Waals surface area (Å²) in [5.74, 6) is 0.310. The number of hydrogen-bond acceptors (Lipinski definition) is 6. The molecule has 0 saturated carbocycles. The first-order valence-corrected chi connectivity index (χ1v) is 9.91. The minimum absolute atomic E-state index is 0.00988. The standard InChI is InChI=1S/C17H14ClN3O3S2/c1-2-16(22)19-10-6-7-13-15(8-10)26-17(20-13)25-9-11-12(18)4-3-5-14(11)21(23)24/h3-8H,2,9H2,1H3,(H,19,22). The Labute approximate surface area is 162 Å². The molecular weight excluding hydrogens is 394 g/mol. The van der Waals surface area contributed by atoms with Gasteiger partial charge in [0.1, 0.15) is 0 Å². The van der Waals surface area contributed by atoms with Gasteiger partial charge in [-0.3, -0.25) is 14.9 Å². The predicted octanol–water partition coefficient (Wildman–Crippen LogP) is 5.50. The smallest absolute Gasteiger partial charge is 0.274 e. The van der Waals surface area contributed by atoms with Gasteiger partial charge >= 0.3 is 0 Å². The van der Waals surface area contributed by atoms with E-state index < -0.39 is 4.92 Å². The molecule has 1 heterocycles. The molecule has 0 aliphatic carbocycles. The van der Waals surface area contributed by atoms with Crippen LogP contribution in [0.25, 0.3) is 10.2 Å². The highest BCUT2D eigenvalue weighted by Gasteiger charge is 2.17. The van der Waals surface area contributed by atoms with Crippen LogP contribution in [0.15, 0.2) is 40.7 Å². The van der Waals surface area contributed by atoms with E-state index in [1.54, 1.807) is 19.1 Å². The van der Waals surface area contributed by atoms with Gasteiger partial charge in [0.2, 0.25) is 5.91 Å². The minimum atomic E-state index is -0.428. The highest BCUT2D eigenvalue weighted by molar-refractivity contribution is 8.00. The Hall–Kier alpha value is -2.16. The number of anilines is 1. The van der Waals surface area contributed by atoms with Crippen LogP contribution in [0.4, 0.5) is 11.4 Å². The number of benzene rings is 2. The van der Waals surface area contributed by atoms with Crippen LogP contribution in [-0.4, -0.2) is 15.8 Å². The average Bonchev–Trinajstić information content (AvgIpc) is 3.02. The summed E-state index contributed by atoms with van der Waals surface area (Å²) in [5.41, 5.74) is 2.04. The van der Waals surface area contributed by atoms with Crippen LogP contribution in [0.3, 0.4) is 0 Å². The Bertz CT molecular complexity index is 991. The number of nitro benzene ring substituents is 1. The number of nitrogens with zero attached hydrogens (tertiary/aromatic N) is 2. The Morgan fingerprint density at radius 3 is 2.92 bits per heavy atom. The van der Waals surface area contributed by atoms with E-state index in [0.717, 1.165) is 20.2 Å². The quantitative estimate of drug-likeness (QED) is 0.331. The second-order valence-electron chi connectivity index (χ2n) is 5.35. The van der Waals surface area contributed by atoms with E-state index in [4.69, 9.17) is 11.6 Å². The van der Waals surface area contributed by atoms with Gasteiger partial charge in [0.05, 0.1) is 25.7 Å². The second kappa shape index (κ2) is 8.03. The highest BCUT2D eigenvalue weighted by atomic mass is 35.5. The Kier molecular flexibility index (Phi) is 5.75. The molecule has 1 amide bonds. The Morgan fingerprint density at radius 1 is 1.38 bits per heavy atom. The van der Waals surface area contributed by atoms with Crippen LogP contribution in [0, 0.1) is 10.1 Å². The lowest BCUT2D eigenvalue weighted by molar-refractivity contribution is -0.385. The van der Waals surface area contributed by atoms with Gasteiger partial charge in [-0.1, -0.05) is 36.4 Å². The third kappa shape index (κ3) is 4.14. The normalized spacial score (nSPS) is 10.8. The summed E-state index contributed by atoms with van der Waals surface area (Å²) < 4.78 is 1.73. The van der Waals surface area contributed by atoms with Crippen molar-refractivity contribution in [1.82, 2.24) is 4.98 Å². The van der Waals surface area contributed by atoms with Gasteiger partial charge in [-0.25, -0.2) is 4.98 Å². The van der Waals surface area contributed by atoms with Gasteiger partial charge < -0.3 is 5.32 Å². The lowest BCUT2D eigenvalue weighted by atomic mass is 10.2. The molecule has 0 aliphatic heterocycles. The number of nitro groups is 1. The van der Waals surface area contributed by atoms with Crippen molar-refractivity contribution in [2.24, 2.45) is 0 Å². The zero-order valence-electron chi connectivity index (χ0n) is 13.7. The van der Waals surface area contributed by atoms with Gasteiger partial charge in [0.15, 0.2) is 4.34 Å². The summed E-state index contributed by atoms with van der Waals surface area (Å²) in [7, 11) is 0. The van der Waals surface area contributed by atoms with Gasteiger partial charge in [0, 0.05) is 23.9 Å². The molecule has 1 aromatic heterocycles. The molecule has 0 bridgehead atoms. The van der Waals surface area contributed by atoms with E-state index in [-0.39, 0.29) is 11.6 Å². The van der Waals surface area contributed by atoms with E-state index in [1.807, 2.05) is 18.2 Å². The van der Waals surface area contributed by atoms with E-state index in [2.05, 4.69) is 10.3 Å². The zero-order chi connectivity index (χ0) is 18.7. The molecule has 9 heteroatoms. The van der Waals surface area contributed by atoms with Crippen LogP contribution < -0.4 is 5.32 Å². The molecule has 1 N–H and O–H groups in total. The number of nitrogens with one attached hydrogen (secondary N) is 1. The fraction of sp³-hybridized carbons (Fsp3) is 0.176. The number of hydrogen-bond donors (Lipinski definition) is 1. The summed E-state index contributed by atoms with van der Waals surface area (Å²) in [4.78, 5) is 26.8. The number of amides is 1. The molecule has 0 atom stereocenters. The predicted molar refractivity (Wildman–Crippen MR) is 106 cm³/mol. The molecule has 0 saturated heterocycles. The molecule has 0 spiro atoms. The van der Waals surface area contributed by atoms with E-state index in [1.165, 1.54) is 29.2 Å². The lowest BCUT2D eigenvalue weighted by Gasteiger charge is -2.03. The Morgan fingerprint density at radius 2 is 2.19 bits per heavy atom. The fourth-order valence-corrected chi connectivity index (χ4v) is 4.76. The number of fused-ring (bicyclic) bond motifs is 1. The topological polar surface area (TPSA) is 85.1 Å². The second-order valence-corrected chi connectivity index (χ2v) is 8.01. The third-order valence-corrected chi connectivity index (χ3v) is 6.15. The van der Waals surface area contributed by atoms with E-state index in [9.17, 15) is 14.9 Å². The van der Waals surface area contributed by atoms with Crippen LogP contribution in [0.5, 0.6) is 0 Å². The van der Waals surface area contributed by atoms with Crippen molar-refractivity contribution in [2.45, 2.75) is 23.4 Å². The van der Waals surface area contributed by atoms with Crippen molar-refractivity contribution in [1.29, 1.82) is 0 Å². The number of aromatic nitrogens is 1. The molecule has 2 aromatic carbocycles. The van der Waals surface area contributed by atoms with Crippen LogP contribution in [0.2, 0.25) is 5.02 Å². The van der Waals surface area contributed by atoms with Crippen molar-refractivity contribution < 1.29 is 9.72 Å². The van der Waals surface area contributed by atoms with Crippen molar-refractivity contribution in [3.05, 3.63) is 57.1 Å². The fourth-order valence-electron chi connectivity index (χ4n) is 2.29. The first kappa shape index (κ1) is 18.6. The molecule has 0 aliphatic rings. The van der Waals surface area contributed by atoms with Gasteiger partial charge in [-0.15, -0.1) is 11.3 Å². The van der Waals surface area contributed by atoms with Crippen molar-refractivity contribution in [3.8, 4) is 0 Å². The molecule has 6 nitrogen and oxygen atoms in total. The SMILES string of the molecule is CCC(=O)Nc1ccc2nc(SCc3c(Cl)cccc3[N+](=O)[O-])sc2c1. The molecule has 0 unspecified atom stereocenters. The lowest BCUT2D eigenvalue weighted by Crippen LogP contribution is -2.08. The van der Waals surface area contributed by atoms with Crippen LogP contribution in [-0.2, 0) is 10.5 Å². The average molecular weight is 408 g/mol.